The van der Waals surface area contributed by atoms with E-state index in [9.17, 15) is 0 Å². The number of anilines is 2. The Hall–Kier alpha value is -4.88. The van der Waals surface area contributed by atoms with Crippen LogP contribution in [0.15, 0.2) is 107 Å². The molecule has 1 atom stereocenters. The molecule has 0 saturated heterocycles. The lowest BCUT2D eigenvalue weighted by atomic mass is 9.92. The second-order valence-electron chi connectivity index (χ2n) is 10.1. The van der Waals surface area contributed by atoms with E-state index >= 15 is 0 Å². The first kappa shape index (κ1) is 25.1. The molecule has 5 aromatic rings. The summed E-state index contributed by atoms with van der Waals surface area (Å²) in [5.41, 5.74) is 7.46. The van der Waals surface area contributed by atoms with Gasteiger partial charge in [0.2, 0.25) is 0 Å². The van der Waals surface area contributed by atoms with Gasteiger partial charge in [0.15, 0.2) is 17.5 Å². The van der Waals surface area contributed by atoms with Crippen LogP contribution in [0.4, 0.5) is 22.9 Å². The molecular formula is C33H27ClN6O. The molecule has 202 valence electrons. The highest BCUT2D eigenvalue weighted by Gasteiger charge is 2.42. The molecule has 2 aliphatic heterocycles. The zero-order valence-corrected chi connectivity index (χ0v) is 23.6. The molecule has 0 bridgehead atoms. The minimum absolute atomic E-state index is 0.277. The zero-order valence-electron chi connectivity index (χ0n) is 22.8. The van der Waals surface area contributed by atoms with Gasteiger partial charge in [-0.1, -0.05) is 66.2 Å². The maximum atomic E-state index is 6.50. The highest BCUT2D eigenvalue weighted by Crippen LogP contribution is 2.49. The number of nitrogens with one attached hydrogen (secondary N) is 1. The summed E-state index contributed by atoms with van der Waals surface area (Å²) < 4.78 is 7.82. The number of methoxy groups -OCH3 is 1. The van der Waals surface area contributed by atoms with E-state index in [1.54, 1.807) is 7.11 Å². The monoisotopic (exact) mass is 558 g/mol. The van der Waals surface area contributed by atoms with Gasteiger partial charge in [0.05, 0.1) is 35.9 Å². The minimum Gasteiger partial charge on any atom is -0.496 e. The average molecular weight is 559 g/mol. The lowest BCUT2D eigenvalue weighted by Gasteiger charge is -2.41. The molecule has 0 fully saturated rings. The number of nitrogens with zero attached hydrogens (tertiary/aromatic N) is 5. The Bertz CT molecular complexity index is 1860. The van der Waals surface area contributed by atoms with Crippen LogP contribution < -0.4 is 15.0 Å². The number of para-hydroxylation sites is 4. The third-order valence-corrected chi connectivity index (χ3v) is 7.91. The first-order valence-corrected chi connectivity index (χ1v) is 13.8. The van der Waals surface area contributed by atoms with Crippen LogP contribution in [0.25, 0.3) is 5.69 Å². The van der Waals surface area contributed by atoms with E-state index in [0.29, 0.717) is 16.7 Å². The third kappa shape index (κ3) is 4.17. The number of hydrogen-bond donors (Lipinski definition) is 1. The number of aliphatic imine (C=N–C) groups is 2. The molecule has 41 heavy (non-hydrogen) atoms. The van der Waals surface area contributed by atoms with Crippen LogP contribution in [-0.2, 0) is 0 Å². The lowest BCUT2D eigenvalue weighted by molar-refractivity contribution is 0.407. The second-order valence-corrected chi connectivity index (χ2v) is 10.5. The second kappa shape index (κ2) is 9.94. The Morgan fingerprint density at radius 3 is 2.41 bits per heavy atom. The molecule has 8 heteroatoms. The molecule has 4 aromatic carbocycles. The van der Waals surface area contributed by atoms with Gasteiger partial charge in [-0.2, -0.15) is 5.10 Å². The average Bonchev–Trinajstić information content (AvgIpc) is 3.34. The van der Waals surface area contributed by atoms with Gasteiger partial charge in [0.25, 0.3) is 0 Å². The predicted octanol–water partition coefficient (Wildman–Crippen LogP) is 7.95. The number of aryl methyl sites for hydroxylation is 2. The molecule has 0 amide bonds. The summed E-state index contributed by atoms with van der Waals surface area (Å²) in [6, 6.07) is 32.0. The first-order valence-electron chi connectivity index (χ1n) is 13.4. The summed E-state index contributed by atoms with van der Waals surface area (Å²) in [5, 5.41) is 9.20. The van der Waals surface area contributed by atoms with Gasteiger partial charge in [-0.3, -0.25) is 0 Å². The van der Waals surface area contributed by atoms with E-state index in [1.165, 1.54) is 0 Å². The summed E-state index contributed by atoms with van der Waals surface area (Å²) in [6.45, 7) is 4.03. The maximum Gasteiger partial charge on any atom is 0.179 e. The van der Waals surface area contributed by atoms with E-state index in [1.807, 2.05) is 103 Å². The van der Waals surface area contributed by atoms with Gasteiger partial charge >= 0.3 is 0 Å². The Morgan fingerprint density at radius 1 is 0.854 bits per heavy atom. The summed E-state index contributed by atoms with van der Waals surface area (Å²) in [5.74, 6) is 2.84. The van der Waals surface area contributed by atoms with Crippen LogP contribution in [0.2, 0.25) is 5.02 Å². The van der Waals surface area contributed by atoms with Crippen LogP contribution in [0.3, 0.4) is 0 Å². The summed E-state index contributed by atoms with van der Waals surface area (Å²) >= 11 is 6.50. The number of rotatable bonds is 4. The van der Waals surface area contributed by atoms with Crippen LogP contribution in [0.5, 0.6) is 5.75 Å². The third-order valence-electron chi connectivity index (χ3n) is 7.51. The summed E-state index contributed by atoms with van der Waals surface area (Å²) in [7, 11) is 1.71. The normalized spacial score (nSPS) is 15.3. The molecule has 1 N–H and O–H groups in total. The van der Waals surface area contributed by atoms with Crippen molar-refractivity contribution in [2.75, 3.05) is 17.3 Å². The molecule has 0 saturated carbocycles. The van der Waals surface area contributed by atoms with Gasteiger partial charge in [-0.15, -0.1) is 0 Å². The number of fused-ring (bicyclic) bond motifs is 4. The highest BCUT2D eigenvalue weighted by molar-refractivity contribution is 6.51. The SMILES string of the molecule is COc1ccccc1[C@H]1c2c(C)nn(-c3ccccc3)c2N=C2C(Nc3ccc(C)c(Cl)c3)=Nc3ccccc3N21. The maximum absolute atomic E-state index is 6.50. The number of ether oxygens (including phenoxy) is 1. The Morgan fingerprint density at radius 2 is 1.61 bits per heavy atom. The van der Waals surface area contributed by atoms with Crippen molar-refractivity contribution in [2.45, 2.75) is 19.9 Å². The van der Waals surface area contributed by atoms with Crippen molar-refractivity contribution in [2.24, 2.45) is 9.98 Å². The number of hydrogen-bond acceptors (Lipinski definition) is 6. The molecule has 0 spiro atoms. The van der Waals surface area contributed by atoms with E-state index in [2.05, 4.69) is 22.3 Å². The van der Waals surface area contributed by atoms with Crippen molar-refractivity contribution in [3.8, 4) is 11.4 Å². The van der Waals surface area contributed by atoms with Crippen LogP contribution >= 0.6 is 11.6 Å². The molecule has 0 unspecified atom stereocenters. The van der Waals surface area contributed by atoms with Crippen LogP contribution in [0.1, 0.15) is 28.4 Å². The Balaban J connectivity index is 1.51. The Kier molecular flexibility index (Phi) is 6.09. The van der Waals surface area contributed by atoms with Crippen molar-refractivity contribution in [1.82, 2.24) is 9.78 Å². The molecule has 0 radical (unpaired) electrons. The molecule has 3 heterocycles. The van der Waals surface area contributed by atoms with Crippen LogP contribution in [-0.4, -0.2) is 28.6 Å². The zero-order chi connectivity index (χ0) is 28.1. The Labute approximate surface area is 243 Å². The number of amidine groups is 2. The van der Waals surface area contributed by atoms with Gasteiger partial charge < -0.3 is 15.0 Å². The first-order chi connectivity index (χ1) is 20.0. The van der Waals surface area contributed by atoms with Gasteiger partial charge in [0.1, 0.15) is 5.75 Å². The summed E-state index contributed by atoms with van der Waals surface area (Å²) in [4.78, 5) is 12.6. The number of benzene rings is 4. The molecule has 7 nitrogen and oxygen atoms in total. The number of halogens is 1. The van der Waals surface area contributed by atoms with Crippen molar-refractivity contribution in [3.05, 3.63) is 124 Å². The van der Waals surface area contributed by atoms with Crippen molar-refractivity contribution in [3.63, 3.8) is 0 Å². The molecule has 2 aliphatic rings. The smallest absolute Gasteiger partial charge is 0.179 e. The van der Waals surface area contributed by atoms with Gasteiger partial charge in [-0.05, 0) is 61.9 Å². The fraction of sp³-hybridized carbons (Fsp3) is 0.121. The quantitative estimate of drug-likeness (QED) is 0.243. The molecule has 0 aliphatic carbocycles. The van der Waals surface area contributed by atoms with Gasteiger partial charge in [0, 0.05) is 21.8 Å². The lowest BCUT2D eigenvalue weighted by Crippen LogP contribution is -2.46. The molecular weight excluding hydrogens is 532 g/mol. The standard InChI is InChI=1S/C33H27ClN6O/c1-20-17-18-22(19-25(20)34)35-31-33-37-32-29(21(2)38-40(32)23-11-5-4-6-12-23)30(24-13-7-10-16-28(24)41-3)39(33)27-15-9-8-14-26(27)36-31/h4-19,30H,1-3H3,(H,35,36)/t30-/m0/s1. The van der Waals surface area contributed by atoms with Gasteiger partial charge in [-0.25, -0.2) is 14.7 Å². The fourth-order valence-corrected chi connectivity index (χ4v) is 5.72. The topological polar surface area (TPSA) is 67.0 Å². The molecule has 1 aromatic heterocycles. The highest BCUT2D eigenvalue weighted by atomic mass is 35.5. The minimum atomic E-state index is -0.277. The fourth-order valence-electron chi connectivity index (χ4n) is 5.54. The van der Waals surface area contributed by atoms with E-state index in [-0.39, 0.29) is 6.04 Å². The largest absolute Gasteiger partial charge is 0.496 e. The van der Waals surface area contributed by atoms with Crippen LogP contribution in [0, 0.1) is 13.8 Å². The van der Waals surface area contributed by atoms with E-state index < -0.39 is 0 Å². The number of aromatic nitrogens is 2. The summed E-state index contributed by atoms with van der Waals surface area (Å²) in [6.07, 6.45) is 0. The van der Waals surface area contributed by atoms with Crippen molar-refractivity contribution >= 4 is 46.2 Å². The molecule has 7 rings (SSSR count). The predicted molar refractivity (Wildman–Crippen MR) is 166 cm³/mol. The van der Waals surface area contributed by atoms with Crippen molar-refractivity contribution < 1.29 is 4.74 Å². The van der Waals surface area contributed by atoms with E-state index in [0.717, 1.165) is 56.7 Å². The van der Waals surface area contributed by atoms with Crippen molar-refractivity contribution in [1.29, 1.82) is 0 Å². The van der Waals surface area contributed by atoms with E-state index in [4.69, 9.17) is 31.4 Å².